The summed E-state index contributed by atoms with van der Waals surface area (Å²) in [4.78, 5) is 11.2. The summed E-state index contributed by atoms with van der Waals surface area (Å²) in [5.74, 6) is 1.00. The topological polar surface area (TPSA) is 83.5 Å². The summed E-state index contributed by atoms with van der Waals surface area (Å²) >= 11 is 1.03. The highest BCUT2D eigenvalue weighted by atomic mass is 32.2. The van der Waals surface area contributed by atoms with Crippen molar-refractivity contribution < 1.29 is 18.3 Å². The lowest BCUT2D eigenvalue weighted by atomic mass is 9.89. The first-order valence-corrected chi connectivity index (χ1v) is 9.54. The Balaban J connectivity index is 1.61. The molecule has 1 heterocycles. The van der Waals surface area contributed by atoms with Crippen LogP contribution in [0.2, 0.25) is 0 Å². The molecule has 1 aromatic heterocycles. The average molecular weight is 329 g/mol. The zero-order chi connectivity index (χ0) is 15.0. The molecule has 0 amide bonds. The van der Waals surface area contributed by atoms with E-state index in [2.05, 4.69) is 4.72 Å². The van der Waals surface area contributed by atoms with E-state index in [1.165, 1.54) is 25.3 Å². The molecule has 116 valence electrons. The Morgan fingerprint density at radius 3 is 2.76 bits per heavy atom. The van der Waals surface area contributed by atoms with Crippen molar-refractivity contribution in [2.75, 3.05) is 6.54 Å². The number of hydrogen-bond donors (Lipinski definition) is 2. The second kappa shape index (κ2) is 5.70. The zero-order valence-electron chi connectivity index (χ0n) is 11.6. The highest BCUT2D eigenvalue weighted by Gasteiger charge is 2.39. The first kappa shape index (κ1) is 15.0. The standard InChI is InChI=1S/C14H19NO4S2/c16-13(17)7-12-3-4-14(20-12)21(18,19)15-8-11-6-9-1-2-10(11)5-9/h3-4,9-11,15H,1-2,5-8H2,(H,16,17). The Morgan fingerprint density at radius 1 is 1.33 bits per heavy atom. The molecule has 2 bridgehead atoms. The summed E-state index contributed by atoms with van der Waals surface area (Å²) < 4.78 is 27.4. The Labute approximate surface area is 128 Å². The van der Waals surface area contributed by atoms with Crippen LogP contribution in [-0.4, -0.2) is 26.0 Å². The fourth-order valence-corrected chi connectivity index (χ4v) is 6.15. The van der Waals surface area contributed by atoms with Crippen LogP contribution < -0.4 is 4.72 Å². The second-order valence-corrected chi connectivity index (χ2v) is 9.24. The molecule has 0 saturated heterocycles. The molecule has 2 saturated carbocycles. The van der Waals surface area contributed by atoms with Crippen molar-refractivity contribution in [1.82, 2.24) is 4.72 Å². The summed E-state index contributed by atoms with van der Waals surface area (Å²) in [6.07, 6.45) is 4.80. The van der Waals surface area contributed by atoms with E-state index in [0.29, 0.717) is 23.3 Å². The van der Waals surface area contributed by atoms with Gasteiger partial charge in [-0.1, -0.05) is 6.42 Å². The maximum absolute atomic E-state index is 12.2. The van der Waals surface area contributed by atoms with Crippen LogP contribution in [0.4, 0.5) is 0 Å². The number of aliphatic carboxylic acids is 1. The first-order valence-electron chi connectivity index (χ1n) is 7.24. The van der Waals surface area contributed by atoms with Gasteiger partial charge in [0.05, 0.1) is 6.42 Å². The summed E-state index contributed by atoms with van der Waals surface area (Å²) in [7, 11) is -3.50. The summed E-state index contributed by atoms with van der Waals surface area (Å²) in [6, 6.07) is 3.07. The largest absolute Gasteiger partial charge is 0.481 e. The molecule has 21 heavy (non-hydrogen) atoms. The highest BCUT2D eigenvalue weighted by Crippen LogP contribution is 2.48. The number of carbonyl (C=O) groups is 1. The van der Waals surface area contributed by atoms with Gasteiger partial charge in [-0.05, 0) is 49.1 Å². The number of carboxylic acids is 1. The lowest BCUT2D eigenvalue weighted by Gasteiger charge is -2.21. The summed E-state index contributed by atoms with van der Waals surface area (Å²) in [5, 5.41) is 8.73. The van der Waals surface area contributed by atoms with Crippen molar-refractivity contribution in [3.05, 3.63) is 17.0 Å². The summed E-state index contributed by atoms with van der Waals surface area (Å²) in [6.45, 7) is 0.510. The van der Waals surface area contributed by atoms with Crippen molar-refractivity contribution in [1.29, 1.82) is 0 Å². The van der Waals surface area contributed by atoms with Crippen LogP contribution in [0.15, 0.2) is 16.3 Å². The van der Waals surface area contributed by atoms with E-state index in [-0.39, 0.29) is 10.6 Å². The van der Waals surface area contributed by atoms with Gasteiger partial charge in [0, 0.05) is 11.4 Å². The number of sulfonamides is 1. The SMILES string of the molecule is O=C(O)Cc1ccc(S(=O)(=O)NCC2CC3CCC2C3)s1. The summed E-state index contributed by atoms with van der Waals surface area (Å²) in [5.41, 5.74) is 0. The van der Waals surface area contributed by atoms with E-state index in [1.807, 2.05) is 0 Å². The van der Waals surface area contributed by atoms with Crippen LogP contribution in [0.1, 0.15) is 30.6 Å². The number of rotatable bonds is 6. The maximum atomic E-state index is 12.2. The van der Waals surface area contributed by atoms with Gasteiger partial charge in [0.25, 0.3) is 0 Å². The van der Waals surface area contributed by atoms with Crippen molar-refractivity contribution >= 4 is 27.3 Å². The van der Waals surface area contributed by atoms with Crippen molar-refractivity contribution in [3.8, 4) is 0 Å². The van der Waals surface area contributed by atoms with Crippen LogP contribution in [-0.2, 0) is 21.2 Å². The van der Waals surface area contributed by atoms with Gasteiger partial charge >= 0.3 is 5.97 Å². The van der Waals surface area contributed by atoms with E-state index >= 15 is 0 Å². The molecular weight excluding hydrogens is 310 g/mol. The Bertz CT molecular complexity index is 637. The van der Waals surface area contributed by atoms with Gasteiger partial charge in [0.15, 0.2) is 0 Å². The smallest absolute Gasteiger partial charge is 0.308 e. The Hall–Kier alpha value is -0.920. The molecular formula is C14H19NO4S2. The molecule has 0 aromatic carbocycles. The monoisotopic (exact) mass is 329 g/mol. The molecule has 3 atom stereocenters. The average Bonchev–Trinajstić information content (AvgIpc) is 3.11. The number of hydrogen-bond acceptors (Lipinski definition) is 4. The van der Waals surface area contributed by atoms with Gasteiger partial charge in [-0.25, -0.2) is 13.1 Å². The molecule has 2 N–H and O–H groups in total. The fraction of sp³-hybridized carbons (Fsp3) is 0.643. The molecule has 0 radical (unpaired) electrons. The van der Waals surface area contributed by atoms with E-state index < -0.39 is 16.0 Å². The van der Waals surface area contributed by atoms with Crippen molar-refractivity contribution in [2.45, 2.75) is 36.3 Å². The fourth-order valence-electron chi connectivity index (χ4n) is 3.66. The van der Waals surface area contributed by atoms with E-state index in [4.69, 9.17) is 5.11 Å². The van der Waals surface area contributed by atoms with Crippen LogP contribution in [0, 0.1) is 17.8 Å². The van der Waals surface area contributed by atoms with Gasteiger partial charge in [0.1, 0.15) is 4.21 Å². The molecule has 2 aliphatic rings. The van der Waals surface area contributed by atoms with Gasteiger partial charge in [-0.15, -0.1) is 11.3 Å². The molecule has 3 unspecified atom stereocenters. The van der Waals surface area contributed by atoms with Crippen molar-refractivity contribution in [3.63, 3.8) is 0 Å². The van der Waals surface area contributed by atoms with Crippen LogP contribution in [0.25, 0.3) is 0 Å². The molecule has 0 spiro atoms. The third-order valence-corrected chi connectivity index (χ3v) is 7.65. The molecule has 2 aliphatic carbocycles. The number of nitrogens with one attached hydrogen (secondary N) is 1. The molecule has 5 nitrogen and oxygen atoms in total. The molecule has 7 heteroatoms. The second-order valence-electron chi connectivity index (χ2n) is 6.08. The van der Waals surface area contributed by atoms with E-state index in [9.17, 15) is 13.2 Å². The number of thiophene rings is 1. The van der Waals surface area contributed by atoms with Crippen LogP contribution in [0.3, 0.4) is 0 Å². The minimum Gasteiger partial charge on any atom is -0.481 e. The third kappa shape index (κ3) is 3.30. The molecule has 3 rings (SSSR count). The lowest BCUT2D eigenvalue weighted by molar-refractivity contribution is -0.136. The van der Waals surface area contributed by atoms with Gasteiger partial charge in [0.2, 0.25) is 10.0 Å². The van der Waals surface area contributed by atoms with Crippen molar-refractivity contribution in [2.24, 2.45) is 17.8 Å². The number of carboxylic acid groups (broad SMARTS) is 1. The predicted octanol–water partition coefficient (Wildman–Crippen LogP) is 2.09. The zero-order valence-corrected chi connectivity index (χ0v) is 13.3. The third-order valence-electron chi connectivity index (χ3n) is 4.65. The van der Waals surface area contributed by atoms with E-state index in [1.54, 1.807) is 6.07 Å². The number of fused-ring (bicyclic) bond motifs is 2. The predicted molar refractivity (Wildman–Crippen MR) is 79.8 cm³/mol. The van der Waals surface area contributed by atoms with Crippen LogP contribution >= 0.6 is 11.3 Å². The van der Waals surface area contributed by atoms with E-state index in [0.717, 1.165) is 23.7 Å². The minimum absolute atomic E-state index is 0.132. The Kier molecular flexibility index (Phi) is 4.07. The highest BCUT2D eigenvalue weighted by molar-refractivity contribution is 7.91. The maximum Gasteiger partial charge on any atom is 0.308 e. The Morgan fingerprint density at radius 2 is 2.14 bits per heavy atom. The minimum atomic E-state index is -3.50. The lowest BCUT2D eigenvalue weighted by Crippen LogP contribution is -2.31. The van der Waals surface area contributed by atoms with Gasteiger partial charge in [-0.3, -0.25) is 4.79 Å². The normalized spacial score (nSPS) is 28.1. The molecule has 0 aliphatic heterocycles. The van der Waals surface area contributed by atoms with Gasteiger partial charge < -0.3 is 5.11 Å². The van der Waals surface area contributed by atoms with Crippen LogP contribution in [0.5, 0.6) is 0 Å². The first-order chi connectivity index (χ1) is 9.94. The molecule has 1 aromatic rings. The quantitative estimate of drug-likeness (QED) is 0.837. The molecule has 2 fully saturated rings. The van der Waals surface area contributed by atoms with Gasteiger partial charge in [-0.2, -0.15) is 0 Å².